The Morgan fingerprint density at radius 2 is 1.82 bits per heavy atom. The summed E-state index contributed by atoms with van der Waals surface area (Å²) in [5.41, 5.74) is 2.91. The summed E-state index contributed by atoms with van der Waals surface area (Å²) in [6.07, 6.45) is 10.7. The highest BCUT2D eigenvalue weighted by atomic mass is 16.2. The predicted molar refractivity (Wildman–Crippen MR) is 113 cm³/mol. The van der Waals surface area contributed by atoms with Gasteiger partial charge in [0.15, 0.2) is 0 Å². The molecule has 1 aromatic carbocycles. The smallest absolute Gasteiger partial charge is 0.336 e. The SMILES string of the molecule is CCCC1CC=C(N2CCC(n3c(=O)n(C(C)=O)c4ccccc43)CC2)CC1. The summed E-state index contributed by atoms with van der Waals surface area (Å²) in [6, 6.07) is 7.81. The van der Waals surface area contributed by atoms with Gasteiger partial charge in [-0.3, -0.25) is 9.36 Å². The minimum Gasteiger partial charge on any atom is -0.375 e. The van der Waals surface area contributed by atoms with Crippen LogP contribution in [0.25, 0.3) is 11.0 Å². The molecule has 5 heteroatoms. The molecule has 1 fully saturated rings. The van der Waals surface area contributed by atoms with Crippen molar-refractivity contribution in [2.45, 2.75) is 64.8 Å². The fourth-order valence-electron chi connectivity index (χ4n) is 5.07. The highest BCUT2D eigenvalue weighted by molar-refractivity contribution is 5.89. The van der Waals surface area contributed by atoms with Gasteiger partial charge in [-0.25, -0.2) is 9.36 Å². The zero-order valence-corrected chi connectivity index (χ0v) is 17.1. The Labute approximate surface area is 166 Å². The molecule has 2 aliphatic rings. The summed E-state index contributed by atoms with van der Waals surface area (Å²) < 4.78 is 3.18. The Kier molecular flexibility index (Phi) is 5.42. The summed E-state index contributed by atoms with van der Waals surface area (Å²) in [4.78, 5) is 27.6. The molecule has 1 saturated heterocycles. The van der Waals surface area contributed by atoms with Crippen molar-refractivity contribution >= 4 is 16.9 Å². The van der Waals surface area contributed by atoms with Gasteiger partial charge in [0.1, 0.15) is 0 Å². The zero-order valence-electron chi connectivity index (χ0n) is 17.1. The van der Waals surface area contributed by atoms with Gasteiger partial charge in [-0.2, -0.15) is 0 Å². The van der Waals surface area contributed by atoms with Crippen molar-refractivity contribution in [3.05, 3.63) is 46.5 Å². The molecule has 1 aliphatic heterocycles. The largest absolute Gasteiger partial charge is 0.375 e. The maximum Gasteiger partial charge on any atom is 0.336 e. The number of aromatic nitrogens is 2. The number of nitrogens with zero attached hydrogens (tertiary/aromatic N) is 3. The van der Waals surface area contributed by atoms with Crippen molar-refractivity contribution in [3.63, 3.8) is 0 Å². The highest BCUT2D eigenvalue weighted by Crippen LogP contribution is 2.32. The van der Waals surface area contributed by atoms with Crippen LogP contribution in [0.1, 0.15) is 69.6 Å². The van der Waals surface area contributed by atoms with Gasteiger partial charge in [-0.15, -0.1) is 0 Å². The van der Waals surface area contributed by atoms with Crippen LogP contribution in [0.4, 0.5) is 0 Å². The lowest BCUT2D eigenvalue weighted by Crippen LogP contribution is -2.38. The van der Waals surface area contributed by atoms with Gasteiger partial charge in [-0.05, 0) is 50.2 Å². The second-order valence-corrected chi connectivity index (χ2v) is 8.34. The molecular formula is C23H31N3O2. The number of hydrogen-bond acceptors (Lipinski definition) is 3. The third kappa shape index (κ3) is 3.43. The summed E-state index contributed by atoms with van der Waals surface area (Å²) in [5.74, 6) is 0.647. The molecule has 0 radical (unpaired) electrons. The normalized spacial score (nSPS) is 21.1. The van der Waals surface area contributed by atoms with Crippen LogP contribution in [-0.2, 0) is 0 Å². The second kappa shape index (κ2) is 7.98. The first-order valence-corrected chi connectivity index (χ1v) is 10.8. The van der Waals surface area contributed by atoms with E-state index >= 15 is 0 Å². The number of hydrogen-bond donors (Lipinski definition) is 0. The van der Waals surface area contributed by atoms with E-state index in [0.717, 1.165) is 42.9 Å². The van der Waals surface area contributed by atoms with Gasteiger partial charge in [0.25, 0.3) is 0 Å². The van der Waals surface area contributed by atoms with E-state index < -0.39 is 0 Å². The van der Waals surface area contributed by atoms with Gasteiger partial charge in [0.05, 0.1) is 11.0 Å². The minimum absolute atomic E-state index is 0.159. The molecule has 4 rings (SSSR count). The molecule has 0 saturated carbocycles. The molecule has 0 amide bonds. The standard InChI is InChI=1S/C23H31N3O2/c1-3-6-18-9-11-19(12-10-18)24-15-13-20(14-16-24)26-22-8-5-4-7-21(22)25(17(2)27)23(26)28/h4-5,7-8,11,18,20H,3,6,9-10,12-16H2,1-2H3. The van der Waals surface area contributed by atoms with Gasteiger partial charge < -0.3 is 4.90 Å². The summed E-state index contributed by atoms with van der Waals surface area (Å²) >= 11 is 0. The van der Waals surface area contributed by atoms with Crippen molar-refractivity contribution < 1.29 is 4.79 Å². The average Bonchev–Trinajstić information content (AvgIpc) is 3.01. The Morgan fingerprint density at radius 1 is 1.11 bits per heavy atom. The van der Waals surface area contributed by atoms with Crippen LogP contribution in [0.5, 0.6) is 0 Å². The molecule has 1 aromatic heterocycles. The maximum absolute atomic E-state index is 13.0. The van der Waals surface area contributed by atoms with Gasteiger partial charge in [0, 0.05) is 31.8 Å². The number of para-hydroxylation sites is 2. The van der Waals surface area contributed by atoms with E-state index in [-0.39, 0.29) is 17.6 Å². The Hall–Kier alpha value is -2.30. The molecule has 0 N–H and O–H groups in total. The molecule has 1 unspecified atom stereocenters. The Bertz CT molecular complexity index is 944. The second-order valence-electron chi connectivity index (χ2n) is 8.34. The zero-order chi connectivity index (χ0) is 19.7. The Balaban J connectivity index is 1.51. The molecule has 2 heterocycles. The molecule has 1 atom stereocenters. The molecule has 5 nitrogen and oxygen atoms in total. The van der Waals surface area contributed by atoms with E-state index in [1.807, 2.05) is 28.8 Å². The molecule has 0 spiro atoms. The van der Waals surface area contributed by atoms with Crippen LogP contribution < -0.4 is 5.69 Å². The van der Waals surface area contributed by atoms with E-state index in [1.54, 1.807) is 0 Å². The van der Waals surface area contributed by atoms with Gasteiger partial charge in [-0.1, -0.05) is 38.0 Å². The molecule has 28 heavy (non-hydrogen) atoms. The first-order valence-electron chi connectivity index (χ1n) is 10.8. The fourth-order valence-corrected chi connectivity index (χ4v) is 5.07. The van der Waals surface area contributed by atoms with Crippen molar-refractivity contribution in [1.82, 2.24) is 14.0 Å². The number of carbonyl (C=O) groups excluding carboxylic acids is 1. The maximum atomic E-state index is 13.0. The topological polar surface area (TPSA) is 47.2 Å². The van der Waals surface area contributed by atoms with E-state index in [9.17, 15) is 9.59 Å². The number of likely N-dealkylation sites (tertiary alicyclic amines) is 1. The third-order valence-electron chi connectivity index (χ3n) is 6.52. The minimum atomic E-state index is -0.216. The highest BCUT2D eigenvalue weighted by Gasteiger charge is 2.27. The average molecular weight is 382 g/mol. The Morgan fingerprint density at radius 3 is 2.43 bits per heavy atom. The van der Waals surface area contributed by atoms with Crippen LogP contribution in [0.2, 0.25) is 0 Å². The predicted octanol–water partition coefficient (Wildman–Crippen LogP) is 4.58. The van der Waals surface area contributed by atoms with Crippen LogP contribution in [0.3, 0.4) is 0 Å². The number of fused-ring (bicyclic) bond motifs is 1. The summed E-state index contributed by atoms with van der Waals surface area (Å²) in [7, 11) is 0. The van der Waals surface area contributed by atoms with Gasteiger partial charge in [0.2, 0.25) is 5.91 Å². The first kappa shape index (κ1) is 19.0. The number of carbonyl (C=O) groups is 1. The van der Waals surface area contributed by atoms with Crippen LogP contribution in [0, 0.1) is 5.92 Å². The van der Waals surface area contributed by atoms with Crippen LogP contribution in [0.15, 0.2) is 40.8 Å². The third-order valence-corrected chi connectivity index (χ3v) is 6.52. The summed E-state index contributed by atoms with van der Waals surface area (Å²) in [6.45, 7) is 5.71. The number of benzene rings is 1. The molecule has 150 valence electrons. The van der Waals surface area contributed by atoms with Crippen molar-refractivity contribution in [3.8, 4) is 0 Å². The molecule has 1 aliphatic carbocycles. The van der Waals surface area contributed by atoms with E-state index in [1.165, 1.54) is 49.3 Å². The molecular weight excluding hydrogens is 350 g/mol. The van der Waals surface area contributed by atoms with E-state index in [0.29, 0.717) is 0 Å². The van der Waals surface area contributed by atoms with Crippen LogP contribution in [-0.4, -0.2) is 33.0 Å². The summed E-state index contributed by atoms with van der Waals surface area (Å²) in [5, 5.41) is 0. The monoisotopic (exact) mass is 381 g/mol. The van der Waals surface area contributed by atoms with E-state index in [2.05, 4.69) is 17.9 Å². The van der Waals surface area contributed by atoms with Crippen molar-refractivity contribution in [2.75, 3.05) is 13.1 Å². The molecule has 2 aromatic rings. The van der Waals surface area contributed by atoms with Crippen molar-refractivity contribution in [2.24, 2.45) is 5.92 Å². The number of rotatable bonds is 4. The fraction of sp³-hybridized carbons (Fsp3) is 0.565. The van der Waals surface area contributed by atoms with Crippen LogP contribution >= 0.6 is 0 Å². The first-order chi connectivity index (χ1) is 13.6. The quantitative estimate of drug-likeness (QED) is 0.778. The van der Waals surface area contributed by atoms with Crippen molar-refractivity contribution in [1.29, 1.82) is 0 Å². The lowest BCUT2D eigenvalue weighted by atomic mass is 9.88. The van der Waals surface area contributed by atoms with Gasteiger partial charge >= 0.3 is 5.69 Å². The lowest BCUT2D eigenvalue weighted by molar-refractivity contribution is 0.0935. The number of piperidine rings is 1. The lowest BCUT2D eigenvalue weighted by Gasteiger charge is -2.37. The number of imidazole rings is 1. The molecule has 0 bridgehead atoms. The van der Waals surface area contributed by atoms with E-state index in [4.69, 9.17) is 0 Å². The number of allylic oxidation sites excluding steroid dienone is 2.